The summed E-state index contributed by atoms with van der Waals surface area (Å²) in [6.45, 7) is 4.95. The number of para-hydroxylation sites is 1. The molecule has 7 heteroatoms. The van der Waals surface area contributed by atoms with Crippen LogP contribution in [0.4, 0.5) is 5.69 Å². The first-order chi connectivity index (χ1) is 12.0. The molecule has 0 bridgehead atoms. The summed E-state index contributed by atoms with van der Waals surface area (Å²) < 4.78 is 29.0. The first kappa shape index (κ1) is 16.8. The van der Waals surface area contributed by atoms with Crippen molar-refractivity contribution in [2.45, 2.75) is 31.2 Å². The quantitative estimate of drug-likeness (QED) is 0.892. The van der Waals surface area contributed by atoms with Crippen LogP contribution >= 0.6 is 11.3 Å². The second-order valence-corrected chi connectivity index (χ2v) is 9.25. The van der Waals surface area contributed by atoms with E-state index < -0.39 is 10.0 Å². The van der Waals surface area contributed by atoms with E-state index in [1.807, 2.05) is 6.07 Å². The number of nitrogens with zero attached hydrogens (tertiary/aromatic N) is 2. The second kappa shape index (κ2) is 6.55. The Morgan fingerprint density at radius 2 is 2.16 bits per heavy atom. The number of fused-ring (bicyclic) bond motifs is 1. The van der Waals surface area contributed by atoms with Crippen LogP contribution in [0.1, 0.15) is 23.3 Å². The van der Waals surface area contributed by atoms with Gasteiger partial charge in [-0.1, -0.05) is 12.1 Å². The molecule has 1 aromatic heterocycles. The molecule has 1 saturated heterocycles. The van der Waals surface area contributed by atoms with Gasteiger partial charge in [0.25, 0.3) is 10.0 Å². The fourth-order valence-electron chi connectivity index (χ4n) is 3.50. The molecule has 2 aliphatic heterocycles. The molecular formula is C18H21N3O2S2. The van der Waals surface area contributed by atoms with Crippen LogP contribution in [-0.2, 0) is 16.6 Å². The van der Waals surface area contributed by atoms with Crippen molar-refractivity contribution in [3.8, 4) is 0 Å². The lowest BCUT2D eigenvalue weighted by molar-refractivity contribution is 0.198. The third-order valence-corrected chi connectivity index (χ3v) is 7.23. The number of aryl methyl sites for hydroxylation is 1. The minimum atomic E-state index is -3.61. The van der Waals surface area contributed by atoms with Gasteiger partial charge in [0.05, 0.1) is 5.69 Å². The smallest absolute Gasteiger partial charge is 0.286 e. The number of piperidine rings is 1. The molecule has 0 amide bonds. The molecule has 3 heterocycles. The highest BCUT2D eigenvalue weighted by atomic mass is 32.2. The number of hydrogen-bond donors (Lipinski definition) is 1. The zero-order valence-corrected chi connectivity index (χ0v) is 15.7. The Kier molecular flexibility index (Phi) is 4.39. The Morgan fingerprint density at radius 3 is 2.96 bits per heavy atom. The van der Waals surface area contributed by atoms with Crippen LogP contribution < -0.4 is 5.32 Å². The van der Waals surface area contributed by atoms with E-state index in [4.69, 9.17) is 0 Å². The molecule has 1 atom stereocenters. The molecule has 4 rings (SSSR count). The Hall–Kier alpha value is -1.70. The maximum Gasteiger partial charge on any atom is 0.286 e. The minimum Gasteiger partial charge on any atom is -0.342 e. The monoisotopic (exact) mass is 375 g/mol. The Labute approximate surface area is 152 Å². The van der Waals surface area contributed by atoms with Gasteiger partial charge in [-0.05, 0) is 55.5 Å². The highest BCUT2D eigenvalue weighted by Crippen LogP contribution is 2.31. The lowest BCUT2D eigenvalue weighted by Crippen LogP contribution is -2.41. The lowest BCUT2D eigenvalue weighted by atomic mass is 9.96. The largest absolute Gasteiger partial charge is 0.342 e. The van der Waals surface area contributed by atoms with Gasteiger partial charge in [0, 0.05) is 23.9 Å². The average Bonchev–Trinajstić information content (AvgIpc) is 2.99. The first-order valence-electron chi connectivity index (χ1n) is 8.49. The topological polar surface area (TPSA) is 61.8 Å². The van der Waals surface area contributed by atoms with Crippen LogP contribution in [0.3, 0.4) is 0 Å². The number of nitrogens with one attached hydrogen (secondary N) is 1. The van der Waals surface area contributed by atoms with Gasteiger partial charge < -0.3 is 5.32 Å². The molecule has 0 saturated carbocycles. The number of hydrogen-bond acceptors (Lipinski definition) is 5. The van der Waals surface area contributed by atoms with Gasteiger partial charge >= 0.3 is 0 Å². The fraction of sp³-hybridized carbons (Fsp3) is 0.389. The number of amidine groups is 1. The summed E-state index contributed by atoms with van der Waals surface area (Å²) in [6, 6.07) is 9.13. The van der Waals surface area contributed by atoms with Crippen LogP contribution in [0.2, 0.25) is 0 Å². The number of benzene rings is 1. The highest BCUT2D eigenvalue weighted by molar-refractivity contribution is 7.90. The molecule has 0 unspecified atom stereocenters. The van der Waals surface area contributed by atoms with Crippen molar-refractivity contribution < 1.29 is 8.42 Å². The van der Waals surface area contributed by atoms with Gasteiger partial charge in [0.1, 0.15) is 10.7 Å². The van der Waals surface area contributed by atoms with Crippen molar-refractivity contribution in [2.75, 3.05) is 18.4 Å². The number of rotatable bonds is 3. The molecule has 2 aliphatic rings. The molecule has 0 spiro atoms. The van der Waals surface area contributed by atoms with Crippen molar-refractivity contribution in [3.05, 3.63) is 46.2 Å². The summed E-state index contributed by atoms with van der Waals surface area (Å²) in [7, 11) is -3.61. The molecular weight excluding hydrogens is 354 g/mol. The number of likely N-dealkylation sites (tertiary alicyclic amines) is 1. The van der Waals surface area contributed by atoms with E-state index in [1.165, 1.54) is 10.4 Å². The van der Waals surface area contributed by atoms with Gasteiger partial charge in [-0.3, -0.25) is 4.90 Å². The number of anilines is 1. The van der Waals surface area contributed by atoms with E-state index in [9.17, 15) is 8.42 Å². The molecule has 132 valence electrons. The standard InChI is InChI=1S/C18H21N3O2S2/c1-13-8-10-24-16(13)12-21-9-4-5-14(11-21)18-19-15-6-2-3-7-17(15)25(22,23)20-18/h2-3,6-8,10,14H,4-5,9,11-12H2,1H3,(H,19,20)/t14-/m1/s1. The average molecular weight is 376 g/mol. The minimum absolute atomic E-state index is 0.122. The summed E-state index contributed by atoms with van der Waals surface area (Å²) >= 11 is 1.79. The number of thiophene rings is 1. The SMILES string of the molecule is Cc1ccsc1CN1CCC[C@@H](C2=NS(=O)(=O)c3ccccc3N2)C1. The van der Waals surface area contributed by atoms with E-state index in [-0.39, 0.29) is 10.8 Å². The maximum absolute atomic E-state index is 12.5. The van der Waals surface area contributed by atoms with E-state index in [0.717, 1.165) is 32.5 Å². The molecule has 5 nitrogen and oxygen atoms in total. The van der Waals surface area contributed by atoms with Gasteiger partial charge in [-0.2, -0.15) is 8.42 Å². The lowest BCUT2D eigenvalue weighted by Gasteiger charge is -2.34. The fourth-order valence-corrected chi connectivity index (χ4v) is 5.65. The summed E-state index contributed by atoms with van der Waals surface area (Å²) in [5.41, 5.74) is 1.97. The molecule has 1 fully saturated rings. The Morgan fingerprint density at radius 1 is 1.32 bits per heavy atom. The van der Waals surface area contributed by atoms with Crippen molar-refractivity contribution in [1.29, 1.82) is 0 Å². The van der Waals surface area contributed by atoms with Crippen LogP contribution in [-0.4, -0.2) is 32.2 Å². The predicted octanol–water partition coefficient (Wildman–Crippen LogP) is 3.48. The van der Waals surface area contributed by atoms with Gasteiger partial charge in [0.2, 0.25) is 0 Å². The van der Waals surface area contributed by atoms with Crippen molar-refractivity contribution in [3.63, 3.8) is 0 Å². The van der Waals surface area contributed by atoms with E-state index in [0.29, 0.717) is 11.5 Å². The molecule has 0 radical (unpaired) electrons. The number of sulfonamides is 1. The predicted molar refractivity (Wildman–Crippen MR) is 102 cm³/mol. The second-order valence-electron chi connectivity index (χ2n) is 6.67. The van der Waals surface area contributed by atoms with Gasteiger partial charge in [-0.15, -0.1) is 15.7 Å². The highest BCUT2D eigenvalue weighted by Gasteiger charge is 2.31. The maximum atomic E-state index is 12.5. The zero-order valence-electron chi connectivity index (χ0n) is 14.1. The molecule has 1 N–H and O–H groups in total. The van der Waals surface area contributed by atoms with Crippen molar-refractivity contribution >= 4 is 32.9 Å². The van der Waals surface area contributed by atoms with Crippen LogP contribution in [0.25, 0.3) is 0 Å². The van der Waals surface area contributed by atoms with E-state index in [2.05, 4.69) is 33.0 Å². The van der Waals surface area contributed by atoms with Crippen molar-refractivity contribution in [2.24, 2.45) is 10.3 Å². The van der Waals surface area contributed by atoms with Crippen LogP contribution in [0.15, 0.2) is 45.0 Å². The van der Waals surface area contributed by atoms with Crippen LogP contribution in [0.5, 0.6) is 0 Å². The third-order valence-electron chi connectivity index (χ3n) is 4.87. The summed E-state index contributed by atoms with van der Waals surface area (Å²) in [4.78, 5) is 4.06. The normalized spacial score (nSPS) is 22.8. The van der Waals surface area contributed by atoms with E-state index >= 15 is 0 Å². The van der Waals surface area contributed by atoms with Crippen molar-refractivity contribution in [1.82, 2.24) is 4.90 Å². The summed E-state index contributed by atoms with van der Waals surface area (Å²) in [6.07, 6.45) is 2.01. The summed E-state index contributed by atoms with van der Waals surface area (Å²) in [5, 5.41) is 5.39. The zero-order chi connectivity index (χ0) is 17.4. The van der Waals surface area contributed by atoms with E-state index in [1.54, 1.807) is 29.5 Å². The Balaban J connectivity index is 1.54. The van der Waals surface area contributed by atoms with Crippen LogP contribution in [0, 0.1) is 12.8 Å². The molecule has 25 heavy (non-hydrogen) atoms. The molecule has 2 aromatic rings. The van der Waals surface area contributed by atoms with Gasteiger partial charge in [-0.25, -0.2) is 0 Å². The Bertz CT molecular complexity index is 918. The third kappa shape index (κ3) is 3.36. The molecule has 1 aromatic carbocycles. The van der Waals surface area contributed by atoms with Gasteiger partial charge in [0.15, 0.2) is 0 Å². The first-order valence-corrected chi connectivity index (χ1v) is 10.8. The molecule has 0 aliphatic carbocycles. The summed E-state index contributed by atoms with van der Waals surface area (Å²) in [5.74, 6) is 0.712.